The van der Waals surface area contributed by atoms with E-state index in [0.717, 1.165) is 32.3 Å². The summed E-state index contributed by atoms with van der Waals surface area (Å²) in [6, 6.07) is 0.606. The summed E-state index contributed by atoms with van der Waals surface area (Å²) >= 11 is 0. The zero-order chi connectivity index (χ0) is 18.5. The fourth-order valence-corrected chi connectivity index (χ4v) is 3.81. The van der Waals surface area contributed by atoms with Crippen LogP contribution in [0.1, 0.15) is 69.2 Å². The summed E-state index contributed by atoms with van der Waals surface area (Å²) < 4.78 is 5.70. The van der Waals surface area contributed by atoms with Crippen molar-refractivity contribution in [2.24, 2.45) is 11.7 Å². The lowest BCUT2D eigenvalue weighted by atomic mass is 9.80. The van der Waals surface area contributed by atoms with Crippen LogP contribution in [0.5, 0.6) is 0 Å². The Hall–Kier alpha value is -1.89. The molecule has 0 saturated heterocycles. The molecule has 2 saturated carbocycles. The minimum Gasteiger partial charge on any atom is -0.379 e. The monoisotopic (exact) mass is 361 g/mol. The van der Waals surface area contributed by atoms with Gasteiger partial charge in [-0.15, -0.1) is 0 Å². The third-order valence-electron chi connectivity index (χ3n) is 5.69. The molecular weight excluding hydrogens is 330 g/mol. The zero-order valence-corrected chi connectivity index (χ0v) is 15.8. The van der Waals surface area contributed by atoms with Crippen LogP contribution < -0.4 is 16.4 Å². The van der Waals surface area contributed by atoms with Crippen LogP contribution in [0, 0.1) is 5.92 Å². The molecule has 3 rings (SSSR count). The summed E-state index contributed by atoms with van der Waals surface area (Å²) in [5, 5.41) is 6.79. The first-order valence-corrected chi connectivity index (χ1v) is 9.88. The first-order valence-electron chi connectivity index (χ1n) is 9.88. The van der Waals surface area contributed by atoms with E-state index in [1.54, 1.807) is 0 Å². The molecule has 1 atom stereocenters. The van der Waals surface area contributed by atoms with E-state index < -0.39 is 5.91 Å². The largest absolute Gasteiger partial charge is 0.379 e. The minimum absolute atomic E-state index is 0.270. The zero-order valence-electron chi connectivity index (χ0n) is 15.8. The molecule has 0 aromatic carbocycles. The van der Waals surface area contributed by atoms with E-state index in [4.69, 9.17) is 10.5 Å². The fraction of sp³-hybridized carbons (Fsp3) is 0.737. The molecule has 2 fully saturated rings. The van der Waals surface area contributed by atoms with E-state index in [0.29, 0.717) is 35.4 Å². The molecule has 0 spiro atoms. The lowest BCUT2D eigenvalue weighted by molar-refractivity contribution is 0.0346. The Balaban J connectivity index is 1.64. The molecule has 144 valence electrons. The van der Waals surface area contributed by atoms with Crippen LogP contribution in [0.15, 0.2) is 6.20 Å². The molecule has 7 heteroatoms. The molecule has 2 aliphatic rings. The van der Waals surface area contributed by atoms with Crippen molar-refractivity contribution in [3.05, 3.63) is 11.8 Å². The van der Waals surface area contributed by atoms with E-state index in [-0.39, 0.29) is 6.04 Å². The third-order valence-corrected chi connectivity index (χ3v) is 5.69. The van der Waals surface area contributed by atoms with Gasteiger partial charge >= 0.3 is 0 Å². The lowest BCUT2D eigenvalue weighted by Crippen LogP contribution is -2.33. The Kier molecular flexibility index (Phi) is 6.29. The number of nitrogens with zero attached hydrogens (tertiary/aromatic N) is 2. The molecule has 26 heavy (non-hydrogen) atoms. The van der Waals surface area contributed by atoms with Gasteiger partial charge in [-0.1, -0.05) is 6.42 Å². The average Bonchev–Trinajstić information content (AvgIpc) is 2.55. The Bertz CT molecular complexity index is 612. The Morgan fingerprint density at radius 1 is 1.31 bits per heavy atom. The van der Waals surface area contributed by atoms with Crippen LogP contribution in [0.25, 0.3) is 0 Å². The number of anilines is 2. The van der Waals surface area contributed by atoms with Crippen LogP contribution in [0.2, 0.25) is 0 Å². The molecule has 1 aromatic heterocycles. The molecule has 0 bridgehead atoms. The molecular formula is C19H31N5O2. The highest BCUT2D eigenvalue weighted by atomic mass is 16.5. The van der Waals surface area contributed by atoms with Gasteiger partial charge in [0.1, 0.15) is 5.82 Å². The number of hydrogen-bond acceptors (Lipinski definition) is 6. The van der Waals surface area contributed by atoms with Crippen LogP contribution in [-0.4, -0.2) is 40.7 Å². The van der Waals surface area contributed by atoms with E-state index in [2.05, 4.69) is 27.5 Å². The summed E-state index contributed by atoms with van der Waals surface area (Å²) in [6.45, 7) is 4.95. The molecule has 4 N–H and O–H groups in total. The first kappa shape index (κ1) is 18.9. The van der Waals surface area contributed by atoms with Crippen molar-refractivity contribution in [2.75, 3.05) is 17.2 Å². The molecule has 0 unspecified atom stereocenters. The van der Waals surface area contributed by atoms with Gasteiger partial charge in [-0.05, 0) is 58.3 Å². The fourth-order valence-electron chi connectivity index (χ4n) is 3.81. The van der Waals surface area contributed by atoms with Crippen molar-refractivity contribution >= 4 is 17.7 Å². The number of nitrogens with two attached hydrogens (primary N) is 1. The van der Waals surface area contributed by atoms with E-state index >= 15 is 0 Å². The summed E-state index contributed by atoms with van der Waals surface area (Å²) in [7, 11) is 0. The second-order valence-corrected chi connectivity index (χ2v) is 7.52. The summed E-state index contributed by atoms with van der Waals surface area (Å²) in [5.74, 6) is 1.23. The van der Waals surface area contributed by atoms with Gasteiger partial charge in [0.2, 0.25) is 5.95 Å². The van der Waals surface area contributed by atoms with Crippen LogP contribution >= 0.6 is 0 Å². The highest BCUT2D eigenvalue weighted by Gasteiger charge is 2.26. The Morgan fingerprint density at radius 3 is 2.62 bits per heavy atom. The molecule has 1 aromatic rings. The molecule has 2 aliphatic carbocycles. The van der Waals surface area contributed by atoms with Gasteiger partial charge < -0.3 is 21.1 Å². The molecule has 7 nitrogen and oxygen atoms in total. The van der Waals surface area contributed by atoms with E-state index in [9.17, 15) is 4.79 Å². The van der Waals surface area contributed by atoms with Gasteiger partial charge in [-0.25, -0.2) is 4.98 Å². The van der Waals surface area contributed by atoms with Gasteiger partial charge in [-0.3, -0.25) is 4.79 Å². The van der Waals surface area contributed by atoms with Gasteiger partial charge in [0, 0.05) is 24.9 Å². The molecule has 0 aliphatic heterocycles. The van der Waals surface area contributed by atoms with Crippen molar-refractivity contribution in [2.45, 2.75) is 77.0 Å². The second kappa shape index (κ2) is 8.66. The highest BCUT2D eigenvalue weighted by molar-refractivity contribution is 5.97. The van der Waals surface area contributed by atoms with Crippen molar-refractivity contribution in [3.8, 4) is 0 Å². The van der Waals surface area contributed by atoms with Crippen LogP contribution in [0.3, 0.4) is 0 Å². The molecule has 1 amide bonds. The third kappa shape index (κ3) is 4.63. The molecule has 1 heterocycles. The topological polar surface area (TPSA) is 102 Å². The number of primary amides is 1. The lowest BCUT2D eigenvalue weighted by Gasteiger charge is -2.32. The number of ether oxygens (including phenoxy) is 1. The number of rotatable bonds is 8. The van der Waals surface area contributed by atoms with E-state index in [1.807, 2.05) is 6.92 Å². The predicted molar refractivity (Wildman–Crippen MR) is 102 cm³/mol. The van der Waals surface area contributed by atoms with Gasteiger partial charge in [0.05, 0.1) is 11.7 Å². The number of hydrogen-bond donors (Lipinski definition) is 3. The predicted octanol–water partition coefficient (Wildman–Crippen LogP) is 2.94. The summed E-state index contributed by atoms with van der Waals surface area (Å²) in [6.07, 6.45) is 9.79. The maximum atomic E-state index is 11.7. The number of aromatic nitrogens is 2. The highest BCUT2D eigenvalue weighted by Crippen LogP contribution is 2.31. The van der Waals surface area contributed by atoms with Gasteiger partial charge in [0.15, 0.2) is 0 Å². The maximum Gasteiger partial charge on any atom is 0.254 e. The van der Waals surface area contributed by atoms with Gasteiger partial charge in [-0.2, -0.15) is 4.98 Å². The number of carbonyl (C=O) groups excluding carboxylic acids is 1. The quantitative estimate of drug-likeness (QED) is 0.658. The van der Waals surface area contributed by atoms with Crippen LogP contribution in [-0.2, 0) is 4.74 Å². The minimum atomic E-state index is -0.503. The standard InChI is InChI=1S/C19H31N5O2/c1-3-26-15-9-7-14(8-10-15)23-19-21-11-16(17(20)25)18(24-19)22-12(2)13-5-4-6-13/h11-15H,3-10H2,1-2H3,(H2,20,25)(H2,21,22,23,24)/t12-,14?,15?/m1/s1. The number of amides is 1. The summed E-state index contributed by atoms with van der Waals surface area (Å²) in [4.78, 5) is 20.6. The van der Waals surface area contributed by atoms with Crippen molar-refractivity contribution in [1.29, 1.82) is 0 Å². The Labute approximate surface area is 155 Å². The van der Waals surface area contributed by atoms with Crippen molar-refractivity contribution in [3.63, 3.8) is 0 Å². The number of nitrogens with one attached hydrogen (secondary N) is 2. The van der Waals surface area contributed by atoms with Gasteiger partial charge in [0.25, 0.3) is 5.91 Å². The van der Waals surface area contributed by atoms with Crippen molar-refractivity contribution in [1.82, 2.24) is 9.97 Å². The normalized spacial score (nSPS) is 24.5. The smallest absolute Gasteiger partial charge is 0.254 e. The first-order chi connectivity index (χ1) is 12.6. The molecule has 0 radical (unpaired) electrons. The van der Waals surface area contributed by atoms with Crippen LogP contribution in [0.4, 0.5) is 11.8 Å². The average molecular weight is 361 g/mol. The maximum absolute atomic E-state index is 11.7. The summed E-state index contributed by atoms with van der Waals surface area (Å²) in [5.41, 5.74) is 5.85. The van der Waals surface area contributed by atoms with E-state index in [1.165, 1.54) is 25.5 Å². The van der Waals surface area contributed by atoms with Crippen molar-refractivity contribution < 1.29 is 9.53 Å². The Morgan fingerprint density at radius 2 is 2.04 bits per heavy atom. The number of carbonyl (C=O) groups is 1. The second-order valence-electron chi connectivity index (χ2n) is 7.52. The SMILES string of the molecule is CCOC1CCC(Nc2ncc(C(N)=O)c(N[C@H](C)C3CCC3)n2)CC1.